The normalized spacial score (nSPS) is 12.6. The average Bonchev–Trinajstić information content (AvgIpc) is 2.28. The molecule has 17 heavy (non-hydrogen) atoms. The van der Waals surface area contributed by atoms with Crippen LogP contribution < -0.4 is 5.32 Å². The van der Waals surface area contributed by atoms with E-state index in [9.17, 15) is 4.79 Å². The van der Waals surface area contributed by atoms with Gasteiger partial charge in [-0.1, -0.05) is 42.8 Å². The summed E-state index contributed by atoms with van der Waals surface area (Å²) in [5.41, 5.74) is 1.85. The van der Waals surface area contributed by atoms with Crippen LogP contribution in [0, 0.1) is 12.8 Å². The molecular weight excluding hydrogens is 278 g/mol. The molecule has 0 fully saturated rings. The van der Waals surface area contributed by atoms with Crippen molar-refractivity contribution in [2.75, 3.05) is 0 Å². The highest BCUT2D eigenvalue weighted by Crippen LogP contribution is 2.18. The second-order valence-electron chi connectivity index (χ2n) is 4.70. The van der Waals surface area contributed by atoms with Crippen molar-refractivity contribution in [1.29, 1.82) is 0 Å². The molecule has 1 atom stereocenters. The fourth-order valence-corrected chi connectivity index (χ4v) is 2.10. The highest BCUT2D eigenvalue weighted by atomic mass is 79.9. The Balaban J connectivity index is 2.79. The lowest BCUT2D eigenvalue weighted by atomic mass is 10.0. The maximum atomic E-state index is 12.1. The Kier molecular flexibility index (Phi) is 5.19. The number of carbonyl (C=O) groups excluding carboxylic acids is 1. The Morgan fingerprint density at radius 2 is 2.06 bits per heavy atom. The van der Waals surface area contributed by atoms with E-state index in [1.54, 1.807) is 0 Å². The molecule has 0 aliphatic carbocycles. The van der Waals surface area contributed by atoms with E-state index >= 15 is 0 Å². The van der Waals surface area contributed by atoms with Crippen LogP contribution in [-0.2, 0) is 0 Å². The first kappa shape index (κ1) is 14.2. The van der Waals surface area contributed by atoms with Crippen molar-refractivity contribution in [2.45, 2.75) is 40.2 Å². The monoisotopic (exact) mass is 297 g/mol. The van der Waals surface area contributed by atoms with Crippen LogP contribution in [0.15, 0.2) is 22.7 Å². The SMILES string of the molecule is CCC(NC(=O)c1ccc(C)c(Br)c1)C(C)C. The molecule has 0 aromatic heterocycles. The fourth-order valence-electron chi connectivity index (χ4n) is 1.73. The summed E-state index contributed by atoms with van der Waals surface area (Å²) in [4.78, 5) is 12.1. The van der Waals surface area contributed by atoms with Gasteiger partial charge in [0.2, 0.25) is 0 Å². The number of hydrogen-bond acceptors (Lipinski definition) is 1. The summed E-state index contributed by atoms with van der Waals surface area (Å²) in [6.07, 6.45) is 0.955. The molecule has 1 amide bonds. The predicted molar refractivity (Wildman–Crippen MR) is 75.3 cm³/mol. The number of nitrogens with one attached hydrogen (secondary N) is 1. The van der Waals surface area contributed by atoms with Crippen LogP contribution >= 0.6 is 15.9 Å². The number of halogens is 1. The van der Waals surface area contributed by atoms with Crippen LogP contribution in [-0.4, -0.2) is 11.9 Å². The largest absolute Gasteiger partial charge is 0.349 e. The number of rotatable bonds is 4. The van der Waals surface area contributed by atoms with Gasteiger partial charge in [-0.15, -0.1) is 0 Å². The zero-order valence-corrected chi connectivity index (χ0v) is 12.5. The molecule has 0 aliphatic rings. The van der Waals surface area contributed by atoms with Gasteiger partial charge in [-0.2, -0.15) is 0 Å². The highest BCUT2D eigenvalue weighted by molar-refractivity contribution is 9.10. The van der Waals surface area contributed by atoms with Crippen molar-refractivity contribution in [2.24, 2.45) is 5.92 Å². The Morgan fingerprint density at radius 1 is 1.41 bits per heavy atom. The average molecular weight is 298 g/mol. The Labute approximate surface area is 112 Å². The van der Waals surface area contributed by atoms with Gasteiger partial charge in [-0.05, 0) is 37.0 Å². The van der Waals surface area contributed by atoms with Gasteiger partial charge in [0.15, 0.2) is 0 Å². The standard InChI is InChI=1S/C14H20BrNO/c1-5-13(9(2)3)16-14(17)11-7-6-10(4)12(15)8-11/h6-9,13H,5H2,1-4H3,(H,16,17). The van der Waals surface area contributed by atoms with Crippen LogP contribution in [0.1, 0.15) is 43.1 Å². The molecule has 1 N–H and O–H groups in total. The van der Waals surface area contributed by atoms with Crippen LogP contribution in [0.2, 0.25) is 0 Å². The summed E-state index contributed by atoms with van der Waals surface area (Å²) < 4.78 is 0.975. The molecule has 1 aromatic carbocycles. The van der Waals surface area contributed by atoms with Gasteiger partial charge in [0.25, 0.3) is 5.91 Å². The maximum absolute atomic E-state index is 12.1. The van der Waals surface area contributed by atoms with Crippen LogP contribution in [0.3, 0.4) is 0 Å². The van der Waals surface area contributed by atoms with E-state index in [1.165, 1.54) is 0 Å². The highest BCUT2D eigenvalue weighted by Gasteiger charge is 2.15. The van der Waals surface area contributed by atoms with Gasteiger partial charge in [-0.25, -0.2) is 0 Å². The summed E-state index contributed by atoms with van der Waals surface area (Å²) in [6.45, 7) is 8.35. The van der Waals surface area contributed by atoms with E-state index in [2.05, 4.69) is 42.0 Å². The van der Waals surface area contributed by atoms with Crippen molar-refractivity contribution in [3.8, 4) is 0 Å². The van der Waals surface area contributed by atoms with Crippen molar-refractivity contribution in [3.63, 3.8) is 0 Å². The third-order valence-corrected chi connectivity index (χ3v) is 3.85. The summed E-state index contributed by atoms with van der Waals surface area (Å²) in [5.74, 6) is 0.462. The number of hydrogen-bond donors (Lipinski definition) is 1. The number of amides is 1. The molecule has 1 unspecified atom stereocenters. The van der Waals surface area contributed by atoms with Gasteiger partial charge >= 0.3 is 0 Å². The molecule has 0 saturated carbocycles. The molecule has 94 valence electrons. The van der Waals surface area contributed by atoms with Gasteiger partial charge < -0.3 is 5.32 Å². The second kappa shape index (κ2) is 6.20. The van der Waals surface area contributed by atoms with E-state index < -0.39 is 0 Å². The smallest absolute Gasteiger partial charge is 0.251 e. The van der Waals surface area contributed by atoms with Crippen LogP contribution in [0.5, 0.6) is 0 Å². The second-order valence-corrected chi connectivity index (χ2v) is 5.55. The van der Waals surface area contributed by atoms with E-state index in [0.29, 0.717) is 11.5 Å². The molecule has 3 heteroatoms. The molecule has 2 nitrogen and oxygen atoms in total. The summed E-state index contributed by atoms with van der Waals surface area (Å²) in [7, 11) is 0. The van der Waals surface area contributed by atoms with Crippen molar-refractivity contribution >= 4 is 21.8 Å². The predicted octanol–water partition coefficient (Wildman–Crippen LogP) is 3.92. The van der Waals surface area contributed by atoms with Crippen LogP contribution in [0.25, 0.3) is 0 Å². The fraction of sp³-hybridized carbons (Fsp3) is 0.500. The third-order valence-electron chi connectivity index (χ3n) is 3.00. The van der Waals surface area contributed by atoms with E-state index in [0.717, 1.165) is 16.5 Å². The van der Waals surface area contributed by atoms with Crippen molar-refractivity contribution in [1.82, 2.24) is 5.32 Å². The number of benzene rings is 1. The first-order valence-electron chi connectivity index (χ1n) is 6.02. The summed E-state index contributed by atoms with van der Waals surface area (Å²) >= 11 is 3.45. The molecular formula is C14H20BrNO. The van der Waals surface area contributed by atoms with E-state index in [1.807, 2.05) is 25.1 Å². The minimum Gasteiger partial charge on any atom is -0.349 e. The molecule has 0 saturated heterocycles. The van der Waals surface area contributed by atoms with Gasteiger partial charge in [-0.3, -0.25) is 4.79 Å². The Morgan fingerprint density at radius 3 is 2.53 bits per heavy atom. The van der Waals surface area contributed by atoms with E-state index in [4.69, 9.17) is 0 Å². The zero-order chi connectivity index (χ0) is 13.0. The molecule has 0 bridgehead atoms. The van der Waals surface area contributed by atoms with E-state index in [-0.39, 0.29) is 11.9 Å². The number of aryl methyl sites for hydroxylation is 1. The van der Waals surface area contributed by atoms with Crippen LogP contribution in [0.4, 0.5) is 0 Å². The quantitative estimate of drug-likeness (QED) is 0.896. The maximum Gasteiger partial charge on any atom is 0.251 e. The summed E-state index contributed by atoms with van der Waals surface area (Å²) in [6, 6.07) is 5.93. The third kappa shape index (κ3) is 3.84. The minimum absolute atomic E-state index is 0.00579. The molecule has 1 aromatic rings. The minimum atomic E-state index is 0.00579. The molecule has 0 spiro atoms. The first-order valence-corrected chi connectivity index (χ1v) is 6.82. The first-order chi connectivity index (χ1) is 7.95. The van der Waals surface area contributed by atoms with Gasteiger partial charge in [0, 0.05) is 16.1 Å². The van der Waals surface area contributed by atoms with Gasteiger partial charge in [0.1, 0.15) is 0 Å². The molecule has 0 aliphatic heterocycles. The topological polar surface area (TPSA) is 29.1 Å². The lowest BCUT2D eigenvalue weighted by molar-refractivity contribution is 0.0924. The molecule has 0 heterocycles. The number of carbonyl (C=O) groups is 1. The van der Waals surface area contributed by atoms with Crippen molar-refractivity contribution < 1.29 is 4.79 Å². The Bertz CT molecular complexity index is 401. The summed E-state index contributed by atoms with van der Waals surface area (Å²) in [5, 5.41) is 3.07. The lowest BCUT2D eigenvalue weighted by Gasteiger charge is -2.20. The van der Waals surface area contributed by atoms with Gasteiger partial charge in [0.05, 0.1) is 0 Å². The Hall–Kier alpha value is -0.830. The zero-order valence-electron chi connectivity index (χ0n) is 10.9. The molecule has 1 rings (SSSR count). The molecule has 0 radical (unpaired) electrons. The van der Waals surface area contributed by atoms with Crippen molar-refractivity contribution in [3.05, 3.63) is 33.8 Å². The lowest BCUT2D eigenvalue weighted by Crippen LogP contribution is -2.38.